The molecular formula is C17H19N5. The third kappa shape index (κ3) is 3.71. The molecule has 0 amide bonds. The standard InChI is InChI=1S/C17H19N5/c18-15(11-13-7-3-1-4-8-13)17-20-16(21-22-17)12-19-14-9-5-2-6-10-14/h1-10,15,19H,11-12,18H2,(H,20,21,22)/t15-/m1/s1. The van der Waals surface area contributed by atoms with E-state index < -0.39 is 0 Å². The van der Waals surface area contributed by atoms with E-state index in [2.05, 4.69) is 32.6 Å². The van der Waals surface area contributed by atoms with E-state index in [1.54, 1.807) is 0 Å². The quantitative estimate of drug-likeness (QED) is 0.653. The van der Waals surface area contributed by atoms with Crippen molar-refractivity contribution in [1.29, 1.82) is 0 Å². The SMILES string of the molecule is N[C@H](Cc1ccccc1)c1n[nH]c(CNc2ccccc2)n1. The van der Waals surface area contributed by atoms with Crippen molar-refractivity contribution in [3.05, 3.63) is 77.9 Å². The van der Waals surface area contributed by atoms with Crippen LogP contribution >= 0.6 is 0 Å². The molecule has 0 bridgehead atoms. The van der Waals surface area contributed by atoms with Gasteiger partial charge < -0.3 is 11.1 Å². The zero-order valence-electron chi connectivity index (χ0n) is 12.2. The molecule has 0 radical (unpaired) electrons. The van der Waals surface area contributed by atoms with Crippen LogP contribution in [0, 0.1) is 0 Å². The second kappa shape index (κ2) is 6.87. The van der Waals surface area contributed by atoms with Gasteiger partial charge in [-0.05, 0) is 24.1 Å². The van der Waals surface area contributed by atoms with Crippen LogP contribution in [0.25, 0.3) is 0 Å². The zero-order valence-corrected chi connectivity index (χ0v) is 12.2. The summed E-state index contributed by atoms with van der Waals surface area (Å²) in [4.78, 5) is 4.47. The monoisotopic (exact) mass is 293 g/mol. The topological polar surface area (TPSA) is 79.6 Å². The van der Waals surface area contributed by atoms with Crippen molar-refractivity contribution in [3.63, 3.8) is 0 Å². The molecule has 0 spiro atoms. The number of aromatic nitrogens is 3. The summed E-state index contributed by atoms with van der Waals surface area (Å²) >= 11 is 0. The molecule has 22 heavy (non-hydrogen) atoms. The van der Waals surface area contributed by atoms with Gasteiger partial charge in [0.25, 0.3) is 0 Å². The Morgan fingerprint density at radius 2 is 1.68 bits per heavy atom. The molecule has 0 saturated heterocycles. The van der Waals surface area contributed by atoms with E-state index in [0.29, 0.717) is 12.4 Å². The number of aromatic amines is 1. The van der Waals surface area contributed by atoms with Gasteiger partial charge in [0.1, 0.15) is 5.82 Å². The minimum absolute atomic E-state index is 0.205. The highest BCUT2D eigenvalue weighted by molar-refractivity contribution is 5.42. The van der Waals surface area contributed by atoms with Gasteiger partial charge in [0.05, 0.1) is 12.6 Å². The summed E-state index contributed by atoms with van der Waals surface area (Å²) in [6, 6.07) is 19.9. The number of hydrogen-bond donors (Lipinski definition) is 3. The second-order valence-corrected chi connectivity index (χ2v) is 5.16. The van der Waals surface area contributed by atoms with Crippen LogP contribution in [0.3, 0.4) is 0 Å². The molecule has 0 fully saturated rings. The lowest BCUT2D eigenvalue weighted by atomic mass is 10.1. The molecule has 1 aromatic heterocycles. The average Bonchev–Trinajstić information content (AvgIpc) is 3.04. The van der Waals surface area contributed by atoms with Crippen LogP contribution in [-0.4, -0.2) is 15.2 Å². The van der Waals surface area contributed by atoms with Crippen molar-refractivity contribution >= 4 is 5.69 Å². The molecule has 4 N–H and O–H groups in total. The summed E-state index contributed by atoms with van der Waals surface area (Å²) in [5.41, 5.74) is 8.42. The fourth-order valence-electron chi connectivity index (χ4n) is 2.26. The van der Waals surface area contributed by atoms with Gasteiger partial charge in [-0.3, -0.25) is 5.10 Å². The van der Waals surface area contributed by atoms with Crippen molar-refractivity contribution < 1.29 is 0 Å². The number of nitrogens with zero attached hydrogens (tertiary/aromatic N) is 2. The Hall–Kier alpha value is -2.66. The molecular weight excluding hydrogens is 274 g/mol. The minimum Gasteiger partial charge on any atom is -0.378 e. The van der Waals surface area contributed by atoms with Gasteiger partial charge >= 0.3 is 0 Å². The van der Waals surface area contributed by atoms with Crippen LogP contribution in [0.4, 0.5) is 5.69 Å². The summed E-state index contributed by atoms with van der Waals surface area (Å²) < 4.78 is 0. The van der Waals surface area contributed by atoms with Crippen molar-refractivity contribution in [1.82, 2.24) is 15.2 Å². The van der Waals surface area contributed by atoms with Gasteiger partial charge in [-0.2, -0.15) is 5.10 Å². The summed E-state index contributed by atoms with van der Waals surface area (Å²) in [5.74, 6) is 1.43. The maximum Gasteiger partial charge on any atom is 0.167 e. The van der Waals surface area contributed by atoms with Crippen molar-refractivity contribution in [2.45, 2.75) is 19.0 Å². The first-order valence-corrected chi connectivity index (χ1v) is 7.31. The molecule has 5 nitrogen and oxygen atoms in total. The van der Waals surface area contributed by atoms with E-state index in [0.717, 1.165) is 17.9 Å². The van der Waals surface area contributed by atoms with Gasteiger partial charge in [-0.25, -0.2) is 4.98 Å². The van der Waals surface area contributed by atoms with Crippen molar-refractivity contribution in [2.75, 3.05) is 5.32 Å². The number of rotatable bonds is 6. The van der Waals surface area contributed by atoms with Crippen molar-refractivity contribution in [3.8, 4) is 0 Å². The van der Waals surface area contributed by atoms with E-state index in [1.807, 2.05) is 48.5 Å². The number of nitrogens with one attached hydrogen (secondary N) is 2. The minimum atomic E-state index is -0.205. The molecule has 112 valence electrons. The molecule has 0 aliphatic carbocycles. The Morgan fingerprint density at radius 1 is 1.00 bits per heavy atom. The van der Waals surface area contributed by atoms with Gasteiger partial charge in [-0.1, -0.05) is 48.5 Å². The first-order chi connectivity index (χ1) is 10.8. The Kier molecular flexibility index (Phi) is 4.46. The van der Waals surface area contributed by atoms with Gasteiger partial charge in [0.15, 0.2) is 5.82 Å². The normalized spacial score (nSPS) is 12.0. The molecule has 5 heteroatoms. The van der Waals surface area contributed by atoms with Crippen LogP contribution in [0.2, 0.25) is 0 Å². The lowest BCUT2D eigenvalue weighted by molar-refractivity contribution is 0.670. The number of nitrogens with two attached hydrogens (primary N) is 1. The number of hydrogen-bond acceptors (Lipinski definition) is 4. The highest BCUT2D eigenvalue weighted by atomic mass is 15.2. The number of anilines is 1. The number of H-pyrrole nitrogens is 1. The van der Waals surface area contributed by atoms with Crippen LogP contribution < -0.4 is 11.1 Å². The van der Waals surface area contributed by atoms with Crippen LogP contribution in [0.15, 0.2) is 60.7 Å². The molecule has 0 saturated carbocycles. The highest BCUT2D eigenvalue weighted by Crippen LogP contribution is 2.13. The molecule has 0 aliphatic heterocycles. The van der Waals surface area contributed by atoms with E-state index in [4.69, 9.17) is 5.73 Å². The highest BCUT2D eigenvalue weighted by Gasteiger charge is 2.12. The molecule has 1 atom stereocenters. The predicted molar refractivity (Wildman–Crippen MR) is 87.2 cm³/mol. The summed E-state index contributed by atoms with van der Waals surface area (Å²) in [7, 11) is 0. The number of para-hydroxylation sites is 1. The number of benzene rings is 2. The van der Waals surface area contributed by atoms with Crippen LogP contribution in [-0.2, 0) is 13.0 Å². The zero-order chi connectivity index (χ0) is 15.2. The lowest BCUT2D eigenvalue weighted by Crippen LogP contribution is -2.15. The Balaban J connectivity index is 1.58. The largest absolute Gasteiger partial charge is 0.378 e. The molecule has 0 unspecified atom stereocenters. The van der Waals surface area contributed by atoms with E-state index in [9.17, 15) is 0 Å². The Morgan fingerprint density at radius 3 is 2.41 bits per heavy atom. The maximum atomic E-state index is 6.18. The molecule has 3 rings (SSSR count). The van der Waals surface area contributed by atoms with Gasteiger partial charge in [0.2, 0.25) is 0 Å². The first kappa shape index (κ1) is 14.3. The average molecular weight is 293 g/mol. The lowest BCUT2D eigenvalue weighted by Gasteiger charge is -2.07. The molecule has 2 aromatic carbocycles. The fourth-order valence-corrected chi connectivity index (χ4v) is 2.26. The predicted octanol–water partition coefficient (Wildman–Crippen LogP) is 2.66. The molecule has 1 heterocycles. The second-order valence-electron chi connectivity index (χ2n) is 5.16. The maximum absolute atomic E-state index is 6.18. The van der Waals surface area contributed by atoms with Crippen molar-refractivity contribution in [2.24, 2.45) is 5.73 Å². The van der Waals surface area contributed by atoms with E-state index >= 15 is 0 Å². The first-order valence-electron chi connectivity index (χ1n) is 7.31. The Labute approximate surface area is 129 Å². The summed E-state index contributed by atoms with van der Waals surface area (Å²) in [5, 5.41) is 10.5. The van der Waals surface area contributed by atoms with E-state index in [-0.39, 0.29) is 6.04 Å². The van der Waals surface area contributed by atoms with Crippen LogP contribution in [0.5, 0.6) is 0 Å². The smallest absolute Gasteiger partial charge is 0.167 e. The van der Waals surface area contributed by atoms with Crippen LogP contribution in [0.1, 0.15) is 23.3 Å². The molecule has 3 aromatic rings. The fraction of sp³-hybridized carbons (Fsp3) is 0.176. The third-order valence-electron chi connectivity index (χ3n) is 3.41. The summed E-state index contributed by atoms with van der Waals surface area (Å²) in [6.45, 7) is 0.592. The molecule has 0 aliphatic rings. The summed E-state index contributed by atoms with van der Waals surface area (Å²) in [6.07, 6.45) is 0.726. The Bertz CT molecular complexity index is 693. The van der Waals surface area contributed by atoms with Gasteiger partial charge in [0, 0.05) is 5.69 Å². The third-order valence-corrected chi connectivity index (χ3v) is 3.41. The van der Waals surface area contributed by atoms with E-state index in [1.165, 1.54) is 5.56 Å². The van der Waals surface area contributed by atoms with Gasteiger partial charge in [-0.15, -0.1) is 0 Å².